The molecule has 1 aromatic rings. The van der Waals surface area contributed by atoms with Crippen molar-refractivity contribution in [2.45, 2.75) is 38.1 Å². The average Bonchev–Trinajstić information content (AvgIpc) is 2.22. The Bertz CT molecular complexity index is 431. The van der Waals surface area contributed by atoms with Gasteiger partial charge in [0.2, 0.25) is 0 Å². The fourth-order valence-corrected chi connectivity index (χ4v) is 3.14. The van der Waals surface area contributed by atoms with Crippen LogP contribution in [0.2, 0.25) is 0 Å². The molecular formula is C15H22N2. The van der Waals surface area contributed by atoms with Crippen molar-refractivity contribution in [3.05, 3.63) is 29.3 Å². The SMILES string of the molecule is CN1CC(c2cccc3c2CCC(C)(C)N3)C1. The number of nitrogens with one attached hydrogen (secondary N) is 1. The third-order valence-electron chi connectivity index (χ3n) is 4.19. The second-order valence-corrected chi connectivity index (χ2v) is 6.30. The molecule has 0 aliphatic carbocycles. The van der Waals surface area contributed by atoms with E-state index in [2.05, 4.69) is 49.3 Å². The van der Waals surface area contributed by atoms with E-state index in [9.17, 15) is 0 Å². The van der Waals surface area contributed by atoms with Crippen LogP contribution in [0.15, 0.2) is 18.2 Å². The van der Waals surface area contributed by atoms with Crippen molar-refractivity contribution in [3.63, 3.8) is 0 Å². The van der Waals surface area contributed by atoms with Gasteiger partial charge < -0.3 is 10.2 Å². The van der Waals surface area contributed by atoms with Crippen molar-refractivity contribution < 1.29 is 0 Å². The zero-order chi connectivity index (χ0) is 12.0. The van der Waals surface area contributed by atoms with E-state index in [1.807, 2.05) is 0 Å². The van der Waals surface area contributed by atoms with Gasteiger partial charge in [-0.25, -0.2) is 0 Å². The second-order valence-electron chi connectivity index (χ2n) is 6.30. The number of likely N-dealkylation sites (tertiary alicyclic amines) is 1. The summed E-state index contributed by atoms with van der Waals surface area (Å²) >= 11 is 0. The Morgan fingerprint density at radius 2 is 2.06 bits per heavy atom. The van der Waals surface area contributed by atoms with E-state index in [4.69, 9.17) is 0 Å². The van der Waals surface area contributed by atoms with E-state index in [-0.39, 0.29) is 5.54 Å². The van der Waals surface area contributed by atoms with Crippen molar-refractivity contribution in [2.75, 3.05) is 25.5 Å². The van der Waals surface area contributed by atoms with Crippen molar-refractivity contribution in [1.82, 2.24) is 4.90 Å². The van der Waals surface area contributed by atoms with Gasteiger partial charge in [-0.05, 0) is 50.9 Å². The lowest BCUT2D eigenvalue weighted by Gasteiger charge is -2.40. The molecule has 0 aromatic heterocycles. The quantitative estimate of drug-likeness (QED) is 0.798. The fourth-order valence-electron chi connectivity index (χ4n) is 3.14. The average molecular weight is 230 g/mol. The van der Waals surface area contributed by atoms with Crippen LogP contribution >= 0.6 is 0 Å². The molecule has 2 nitrogen and oxygen atoms in total. The van der Waals surface area contributed by atoms with Gasteiger partial charge in [-0.15, -0.1) is 0 Å². The van der Waals surface area contributed by atoms with Gasteiger partial charge in [-0.1, -0.05) is 12.1 Å². The molecule has 2 heteroatoms. The highest BCUT2D eigenvalue weighted by molar-refractivity contribution is 5.59. The number of anilines is 1. The molecule has 1 N–H and O–H groups in total. The Hall–Kier alpha value is -1.02. The van der Waals surface area contributed by atoms with Crippen LogP contribution in [0.25, 0.3) is 0 Å². The molecule has 1 saturated heterocycles. The van der Waals surface area contributed by atoms with Gasteiger partial charge in [0.25, 0.3) is 0 Å². The first kappa shape index (κ1) is 11.1. The third-order valence-corrected chi connectivity index (χ3v) is 4.19. The van der Waals surface area contributed by atoms with Gasteiger partial charge in [0.05, 0.1) is 0 Å². The van der Waals surface area contributed by atoms with E-state index in [1.54, 1.807) is 11.1 Å². The first-order valence-corrected chi connectivity index (χ1v) is 6.64. The first-order valence-electron chi connectivity index (χ1n) is 6.64. The highest BCUT2D eigenvalue weighted by Gasteiger charge is 2.31. The summed E-state index contributed by atoms with van der Waals surface area (Å²) < 4.78 is 0. The van der Waals surface area contributed by atoms with E-state index in [0.717, 1.165) is 5.92 Å². The zero-order valence-corrected chi connectivity index (χ0v) is 11.1. The second kappa shape index (κ2) is 3.74. The highest BCUT2D eigenvalue weighted by atomic mass is 15.2. The van der Waals surface area contributed by atoms with Gasteiger partial charge in [0.15, 0.2) is 0 Å². The molecule has 0 atom stereocenters. The van der Waals surface area contributed by atoms with Gasteiger partial charge in [-0.3, -0.25) is 0 Å². The van der Waals surface area contributed by atoms with E-state index in [0.29, 0.717) is 0 Å². The fraction of sp³-hybridized carbons (Fsp3) is 0.600. The largest absolute Gasteiger partial charge is 0.380 e. The summed E-state index contributed by atoms with van der Waals surface area (Å²) in [6.45, 7) is 7.03. The van der Waals surface area contributed by atoms with E-state index >= 15 is 0 Å². The van der Waals surface area contributed by atoms with Crippen LogP contribution < -0.4 is 5.32 Å². The summed E-state index contributed by atoms with van der Waals surface area (Å²) in [5, 5.41) is 3.68. The van der Waals surface area contributed by atoms with Crippen molar-refractivity contribution in [3.8, 4) is 0 Å². The molecule has 0 spiro atoms. The molecule has 0 radical (unpaired) electrons. The minimum atomic E-state index is 0.252. The summed E-state index contributed by atoms with van der Waals surface area (Å²) in [4.78, 5) is 2.39. The summed E-state index contributed by atoms with van der Waals surface area (Å²) in [7, 11) is 2.20. The van der Waals surface area contributed by atoms with Crippen LogP contribution in [-0.2, 0) is 6.42 Å². The molecule has 0 saturated carbocycles. The minimum absolute atomic E-state index is 0.252. The molecule has 0 amide bonds. The third kappa shape index (κ3) is 1.95. The molecule has 1 aromatic carbocycles. The first-order chi connectivity index (χ1) is 8.05. The Balaban J connectivity index is 1.92. The maximum Gasteiger partial charge on any atom is 0.0379 e. The lowest BCUT2D eigenvalue weighted by atomic mass is 9.81. The Labute approximate surface area is 104 Å². The van der Waals surface area contributed by atoms with Crippen LogP contribution in [-0.4, -0.2) is 30.6 Å². The maximum absolute atomic E-state index is 3.68. The molecule has 2 aliphatic heterocycles. The normalized spacial score (nSPS) is 23.7. The molecule has 92 valence electrons. The number of hydrogen-bond donors (Lipinski definition) is 1. The van der Waals surface area contributed by atoms with Crippen molar-refractivity contribution in [1.29, 1.82) is 0 Å². The van der Waals surface area contributed by atoms with Gasteiger partial charge in [0.1, 0.15) is 0 Å². The van der Waals surface area contributed by atoms with Crippen LogP contribution in [0.5, 0.6) is 0 Å². The predicted molar refractivity (Wildman–Crippen MR) is 72.7 cm³/mol. The Kier molecular flexibility index (Phi) is 2.44. The zero-order valence-electron chi connectivity index (χ0n) is 11.1. The molecule has 2 aliphatic rings. The number of nitrogens with zero attached hydrogens (tertiary/aromatic N) is 1. The molecule has 1 fully saturated rings. The molecular weight excluding hydrogens is 208 g/mol. The monoisotopic (exact) mass is 230 g/mol. The topological polar surface area (TPSA) is 15.3 Å². The number of fused-ring (bicyclic) bond motifs is 1. The number of likely N-dealkylation sites (N-methyl/N-ethyl adjacent to an activating group) is 1. The van der Waals surface area contributed by atoms with Gasteiger partial charge in [0, 0.05) is 30.2 Å². The van der Waals surface area contributed by atoms with Crippen LogP contribution in [0, 0.1) is 0 Å². The van der Waals surface area contributed by atoms with Crippen LogP contribution in [0.1, 0.15) is 37.3 Å². The van der Waals surface area contributed by atoms with Crippen molar-refractivity contribution >= 4 is 5.69 Å². The molecule has 0 unspecified atom stereocenters. The minimum Gasteiger partial charge on any atom is -0.380 e. The highest BCUT2D eigenvalue weighted by Crippen LogP contribution is 2.37. The summed E-state index contributed by atoms with van der Waals surface area (Å²) in [5.74, 6) is 0.762. The molecule has 0 bridgehead atoms. The standard InChI is InChI=1S/C15H22N2/c1-15(2)8-7-13-12(11-9-17(3)10-11)5-4-6-14(13)16-15/h4-6,11,16H,7-10H2,1-3H3. The van der Waals surface area contributed by atoms with Crippen molar-refractivity contribution in [2.24, 2.45) is 0 Å². The van der Waals surface area contributed by atoms with E-state index < -0.39 is 0 Å². The van der Waals surface area contributed by atoms with Crippen LogP contribution in [0.3, 0.4) is 0 Å². The number of hydrogen-bond acceptors (Lipinski definition) is 2. The summed E-state index contributed by atoms with van der Waals surface area (Å²) in [5.41, 5.74) is 4.78. The molecule has 3 rings (SSSR count). The van der Waals surface area contributed by atoms with Crippen LogP contribution in [0.4, 0.5) is 5.69 Å². The summed E-state index contributed by atoms with van der Waals surface area (Å²) in [6.07, 6.45) is 2.46. The maximum atomic E-state index is 3.68. The van der Waals surface area contributed by atoms with Gasteiger partial charge >= 0.3 is 0 Å². The molecule has 2 heterocycles. The number of benzene rings is 1. The number of rotatable bonds is 1. The van der Waals surface area contributed by atoms with E-state index in [1.165, 1.54) is 31.6 Å². The molecule has 17 heavy (non-hydrogen) atoms. The Morgan fingerprint density at radius 3 is 2.76 bits per heavy atom. The lowest BCUT2D eigenvalue weighted by Crippen LogP contribution is -2.43. The summed E-state index contributed by atoms with van der Waals surface area (Å²) in [6, 6.07) is 6.78. The Morgan fingerprint density at radius 1 is 1.29 bits per heavy atom. The smallest absolute Gasteiger partial charge is 0.0379 e. The van der Waals surface area contributed by atoms with Gasteiger partial charge in [-0.2, -0.15) is 0 Å². The lowest BCUT2D eigenvalue weighted by molar-refractivity contribution is 0.189. The predicted octanol–water partition coefficient (Wildman–Crippen LogP) is 2.85.